The van der Waals surface area contributed by atoms with Gasteiger partial charge in [-0.2, -0.15) is 0 Å². The number of para-hydroxylation sites is 1. The second-order valence-corrected chi connectivity index (χ2v) is 6.77. The lowest BCUT2D eigenvalue weighted by Gasteiger charge is -2.18. The first-order valence-electron chi connectivity index (χ1n) is 8.90. The Hall–Kier alpha value is -2.61. The number of hydrogen-bond donors (Lipinski definition) is 3. The van der Waals surface area contributed by atoms with Crippen molar-refractivity contribution in [1.82, 2.24) is 5.32 Å². The van der Waals surface area contributed by atoms with Crippen LogP contribution in [0.15, 0.2) is 53.1 Å². The smallest absolute Gasteiger partial charge is 0.464 e. The number of amides is 1. The van der Waals surface area contributed by atoms with Gasteiger partial charge in [0.1, 0.15) is 5.58 Å². The van der Waals surface area contributed by atoms with Crippen LogP contribution < -0.4 is 5.32 Å². The SMILES string of the molecule is O=C(Cc1cccc2c1COC2)NC(Cc1coc2ccccc12)B(O)O. The Morgan fingerprint density at radius 1 is 1.11 bits per heavy atom. The highest BCUT2D eigenvalue weighted by molar-refractivity contribution is 6.43. The Balaban J connectivity index is 1.47. The molecule has 138 valence electrons. The lowest BCUT2D eigenvalue weighted by Crippen LogP contribution is -2.48. The van der Waals surface area contributed by atoms with Gasteiger partial charge >= 0.3 is 7.12 Å². The summed E-state index contributed by atoms with van der Waals surface area (Å²) in [6.45, 7) is 1.07. The number of benzene rings is 2. The third-order valence-electron chi connectivity index (χ3n) is 4.93. The van der Waals surface area contributed by atoms with E-state index in [0.29, 0.717) is 13.2 Å². The van der Waals surface area contributed by atoms with Crippen molar-refractivity contribution < 1.29 is 24.0 Å². The average molecular weight is 365 g/mol. The average Bonchev–Trinajstić information content (AvgIpc) is 3.29. The standard InChI is InChI=1S/C20H20BNO5/c23-20(9-13-4-3-5-14-10-26-12-17(13)14)22-19(21(24)25)8-15-11-27-18-7-2-1-6-16(15)18/h1-7,11,19,24-25H,8-10,12H2,(H,22,23). The largest absolute Gasteiger partial charge is 0.475 e. The molecule has 3 N–H and O–H groups in total. The minimum absolute atomic E-state index is 0.169. The first-order chi connectivity index (χ1) is 13.1. The molecule has 1 aliphatic rings. The van der Waals surface area contributed by atoms with Crippen LogP contribution in [-0.2, 0) is 35.6 Å². The van der Waals surface area contributed by atoms with Crippen molar-refractivity contribution in [2.75, 3.05) is 0 Å². The maximum atomic E-state index is 12.5. The van der Waals surface area contributed by atoms with E-state index < -0.39 is 13.1 Å². The van der Waals surface area contributed by atoms with Crippen molar-refractivity contribution >= 4 is 24.0 Å². The first-order valence-corrected chi connectivity index (χ1v) is 8.90. The van der Waals surface area contributed by atoms with Crippen LogP contribution in [-0.4, -0.2) is 29.0 Å². The number of fused-ring (bicyclic) bond motifs is 2. The third-order valence-corrected chi connectivity index (χ3v) is 4.93. The summed E-state index contributed by atoms with van der Waals surface area (Å²) in [7, 11) is -1.67. The van der Waals surface area contributed by atoms with Crippen LogP contribution in [0.3, 0.4) is 0 Å². The van der Waals surface area contributed by atoms with Gasteiger partial charge in [-0.3, -0.25) is 4.79 Å². The normalized spacial score (nSPS) is 14.1. The second kappa shape index (κ2) is 7.56. The summed E-state index contributed by atoms with van der Waals surface area (Å²) in [6, 6.07) is 13.3. The van der Waals surface area contributed by atoms with Gasteiger partial charge in [0.2, 0.25) is 5.91 Å². The summed E-state index contributed by atoms with van der Waals surface area (Å²) in [5.74, 6) is -1.09. The van der Waals surface area contributed by atoms with Crippen LogP contribution in [0.5, 0.6) is 0 Å². The fourth-order valence-electron chi connectivity index (χ4n) is 3.53. The molecule has 1 aliphatic heterocycles. The molecule has 0 fully saturated rings. The molecule has 2 aromatic carbocycles. The Bertz CT molecular complexity index is 968. The van der Waals surface area contributed by atoms with E-state index in [2.05, 4.69) is 5.32 Å². The predicted molar refractivity (Wildman–Crippen MR) is 101 cm³/mol. The molecule has 0 saturated heterocycles. The number of nitrogens with one attached hydrogen (secondary N) is 1. The molecule has 0 aliphatic carbocycles. The molecule has 0 saturated carbocycles. The zero-order valence-electron chi connectivity index (χ0n) is 14.7. The molecule has 1 amide bonds. The van der Waals surface area contributed by atoms with Crippen LogP contribution in [0.4, 0.5) is 0 Å². The number of furan rings is 1. The molecule has 6 nitrogen and oxygen atoms in total. The molecule has 0 radical (unpaired) electrons. The van der Waals surface area contributed by atoms with Crippen LogP contribution in [0.1, 0.15) is 22.3 Å². The van der Waals surface area contributed by atoms with E-state index in [0.717, 1.165) is 33.2 Å². The van der Waals surface area contributed by atoms with E-state index >= 15 is 0 Å². The molecular formula is C20H20BNO5. The molecule has 7 heteroatoms. The van der Waals surface area contributed by atoms with Gasteiger partial charge < -0.3 is 24.5 Å². The van der Waals surface area contributed by atoms with Crippen molar-refractivity contribution in [2.24, 2.45) is 0 Å². The van der Waals surface area contributed by atoms with Gasteiger partial charge in [-0.05, 0) is 34.7 Å². The number of carbonyl (C=O) groups excluding carboxylic acids is 1. The Kier molecular flexibility index (Phi) is 4.98. The van der Waals surface area contributed by atoms with E-state index in [1.807, 2.05) is 42.5 Å². The third kappa shape index (κ3) is 3.76. The van der Waals surface area contributed by atoms with Gasteiger partial charge in [-0.15, -0.1) is 0 Å². The summed E-state index contributed by atoms with van der Waals surface area (Å²) in [5, 5.41) is 23.1. The van der Waals surface area contributed by atoms with Crippen LogP contribution >= 0.6 is 0 Å². The van der Waals surface area contributed by atoms with E-state index in [9.17, 15) is 14.8 Å². The van der Waals surface area contributed by atoms with E-state index in [1.54, 1.807) is 6.26 Å². The molecule has 3 aromatic rings. The molecule has 27 heavy (non-hydrogen) atoms. The van der Waals surface area contributed by atoms with Gasteiger partial charge in [-0.25, -0.2) is 0 Å². The zero-order chi connectivity index (χ0) is 18.8. The van der Waals surface area contributed by atoms with Crippen molar-refractivity contribution in [1.29, 1.82) is 0 Å². The first kappa shape index (κ1) is 17.8. The van der Waals surface area contributed by atoms with Gasteiger partial charge in [-0.1, -0.05) is 36.4 Å². The summed E-state index contributed by atoms with van der Waals surface area (Å²) in [6.07, 6.45) is 2.02. The molecule has 4 rings (SSSR count). The highest BCUT2D eigenvalue weighted by Crippen LogP contribution is 2.24. The van der Waals surface area contributed by atoms with E-state index in [4.69, 9.17) is 9.15 Å². The predicted octanol–water partition coefficient (Wildman–Crippen LogP) is 1.75. The zero-order valence-corrected chi connectivity index (χ0v) is 14.7. The highest BCUT2D eigenvalue weighted by Gasteiger charge is 2.27. The van der Waals surface area contributed by atoms with Crippen molar-refractivity contribution in [3.63, 3.8) is 0 Å². The number of hydrogen-bond acceptors (Lipinski definition) is 5. The van der Waals surface area contributed by atoms with Gasteiger partial charge in [0.05, 0.1) is 31.8 Å². The monoisotopic (exact) mass is 365 g/mol. The van der Waals surface area contributed by atoms with Crippen molar-refractivity contribution in [2.45, 2.75) is 32.0 Å². The quantitative estimate of drug-likeness (QED) is 0.579. The van der Waals surface area contributed by atoms with Crippen LogP contribution in [0.25, 0.3) is 11.0 Å². The summed E-state index contributed by atoms with van der Waals surface area (Å²) < 4.78 is 10.9. The molecule has 0 bridgehead atoms. The van der Waals surface area contributed by atoms with Crippen molar-refractivity contribution in [3.05, 3.63) is 71.0 Å². The molecule has 0 spiro atoms. The minimum Gasteiger partial charge on any atom is -0.464 e. The number of rotatable bonds is 6. The summed E-state index contributed by atoms with van der Waals surface area (Å²) in [4.78, 5) is 12.5. The fourth-order valence-corrected chi connectivity index (χ4v) is 3.53. The number of carbonyl (C=O) groups is 1. The van der Waals surface area contributed by atoms with Gasteiger partial charge in [0.15, 0.2) is 0 Å². The van der Waals surface area contributed by atoms with Crippen LogP contribution in [0, 0.1) is 0 Å². The van der Waals surface area contributed by atoms with Gasteiger partial charge in [0, 0.05) is 5.39 Å². The van der Waals surface area contributed by atoms with Crippen LogP contribution in [0.2, 0.25) is 0 Å². The lowest BCUT2D eigenvalue weighted by atomic mass is 9.75. The second-order valence-electron chi connectivity index (χ2n) is 6.77. The van der Waals surface area contributed by atoms with Crippen molar-refractivity contribution in [3.8, 4) is 0 Å². The molecule has 2 heterocycles. The summed E-state index contributed by atoms with van der Waals surface area (Å²) in [5.41, 5.74) is 4.60. The maximum absolute atomic E-state index is 12.5. The molecule has 1 aromatic heterocycles. The molecular weight excluding hydrogens is 345 g/mol. The topological polar surface area (TPSA) is 91.9 Å². The minimum atomic E-state index is -1.67. The molecule has 1 unspecified atom stereocenters. The maximum Gasteiger partial charge on any atom is 0.475 e. The van der Waals surface area contributed by atoms with Gasteiger partial charge in [0.25, 0.3) is 0 Å². The summed E-state index contributed by atoms with van der Waals surface area (Å²) >= 11 is 0. The Labute approximate surface area is 156 Å². The van der Waals surface area contributed by atoms with E-state index in [1.165, 1.54) is 0 Å². The highest BCUT2D eigenvalue weighted by atomic mass is 16.5. The Morgan fingerprint density at radius 2 is 1.96 bits per heavy atom. The fraction of sp³-hybridized carbons (Fsp3) is 0.250. The number of ether oxygens (including phenoxy) is 1. The lowest BCUT2D eigenvalue weighted by molar-refractivity contribution is -0.120. The Morgan fingerprint density at radius 3 is 2.81 bits per heavy atom. The molecule has 1 atom stereocenters. The van der Waals surface area contributed by atoms with E-state index in [-0.39, 0.29) is 18.7 Å².